The molecule has 0 unspecified atom stereocenters. The number of rotatable bonds is 30. The highest BCUT2D eigenvalue weighted by Gasteiger charge is 2.16. The molecule has 14 nitrogen and oxygen atoms in total. The molecule has 14 heteroatoms. The van der Waals surface area contributed by atoms with Gasteiger partial charge in [-0.15, -0.1) is 0 Å². The molecule has 0 aliphatic carbocycles. The van der Waals surface area contributed by atoms with Crippen LogP contribution in [0.1, 0.15) is 56.1 Å². The number of hydrogen-bond acceptors (Lipinski definition) is 12. The number of ether oxygens (including phenoxy) is 6. The smallest absolute Gasteiger partial charge is 0.375 e. The van der Waals surface area contributed by atoms with Gasteiger partial charge in [-0.2, -0.15) is 0 Å². The van der Waals surface area contributed by atoms with Crippen molar-refractivity contribution in [2.24, 2.45) is 0 Å². The average molecular weight is 715 g/mol. The van der Waals surface area contributed by atoms with E-state index >= 15 is 0 Å². The first-order chi connectivity index (χ1) is 24.8. The van der Waals surface area contributed by atoms with Crippen molar-refractivity contribution >= 4 is 35.3 Å². The predicted octanol–water partition coefficient (Wildman–Crippen LogP) is 2.64. The minimum atomic E-state index is -0.885. The normalized spacial score (nSPS) is 10.7. The molecular weight excluding hydrogens is 664 g/mol. The first-order valence-corrected chi connectivity index (χ1v) is 17.2. The van der Waals surface area contributed by atoms with Crippen molar-refractivity contribution in [3.05, 3.63) is 71.8 Å². The molecule has 0 aliphatic rings. The van der Waals surface area contributed by atoms with Gasteiger partial charge in [0.2, 0.25) is 23.4 Å². The number of hydrogen-bond donors (Lipinski definition) is 2. The lowest BCUT2D eigenvalue weighted by Crippen LogP contribution is -2.28. The third kappa shape index (κ3) is 22.8. The number of carbonyl (C=O) groups is 6. The quantitative estimate of drug-likeness (QED) is 0.0687. The molecule has 0 fully saturated rings. The van der Waals surface area contributed by atoms with Crippen LogP contribution in [0.4, 0.5) is 0 Å². The number of carbonyl (C=O) groups excluding carboxylic acids is 6. The number of esters is 2. The summed E-state index contributed by atoms with van der Waals surface area (Å²) >= 11 is 0. The Morgan fingerprint density at radius 2 is 0.804 bits per heavy atom. The number of benzene rings is 2. The van der Waals surface area contributed by atoms with E-state index in [-0.39, 0.29) is 77.5 Å². The first kappa shape index (κ1) is 42.7. The number of amides is 2. The minimum absolute atomic E-state index is 0.0431. The van der Waals surface area contributed by atoms with E-state index in [0.717, 1.165) is 17.5 Å². The molecule has 2 amide bonds. The monoisotopic (exact) mass is 714 g/mol. The van der Waals surface area contributed by atoms with Gasteiger partial charge in [-0.05, 0) is 24.0 Å². The fourth-order valence-corrected chi connectivity index (χ4v) is 4.23. The average Bonchev–Trinajstić information content (AvgIpc) is 3.15. The molecule has 2 aromatic rings. The maximum absolute atomic E-state index is 12.0. The van der Waals surface area contributed by atoms with Crippen LogP contribution in [0.5, 0.6) is 0 Å². The van der Waals surface area contributed by atoms with E-state index in [1.165, 1.54) is 0 Å². The van der Waals surface area contributed by atoms with Gasteiger partial charge in [-0.25, -0.2) is 9.59 Å². The van der Waals surface area contributed by atoms with Crippen molar-refractivity contribution in [1.82, 2.24) is 10.6 Å². The Kier molecular flexibility index (Phi) is 23.6. The topological polar surface area (TPSA) is 182 Å². The Morgan fingerprint density at radius 3 is 1.20 bits per heavy atom. The van der Waals surface area contributed by atoms with Gasteiger partial charge in [-0.3, -0.25) is 19.2 Å². The van der Waals surface area contributed by atoms with Crippen LogP contribution in [-0.4, -0.2) is 101 Å². The zero-order valence-electron chi connectivity index (χ0n) is 29.1. The van der Waals surface area contributed by atoms with E-state index in [4.69, 9.17) is 28.4 Å². The summed E-state index contributed by atoms with van der Waals surface area (Å²) in [6.07, 6.45) is 2.62. The Labute approximate surface area is 298 Å². The van der Waals surface area contributed by atoms with Gasteiger partial charge in [0.15, 0.2) is 0 Å². The van der Waals surface area contributed by atoms with E-state index in [9.17, 15) is 28.8 Å². The molecule has 0 saturated carbocycles. The van der Waals surface area contributed by atoms with Gasteiger partial charge in [0.25, 0.3) is 0 Å². The van der Waals surface area contributed by atoms with Crippen LogP contribution in [0.2, 0.25) is 0 Å². The summed E-state index contributed by atoms with van der Waals surface area (Å²) in [5.41, 5.74) is 1.60. The zero-order chi connectivity index (χ0) is 36.8. The van der Waals surface area contributed by atoms with E-state index in [1.54, 1.807) is 24.3 Å². The highest BCUT2D eigenvalue weighted by Crippen LogP contribution is 2.04. The largest absolute Gasteiger partial charge is 0.455 e. The van der Waals surface area contributed by atoms with Crippen LogP contribution in [-0.2, 0) is 70.4 Å². The van der Waals surface area contributed by atoms with Crippen LogP contribution < -0.4 is 10.6 Å². The molecule has 2 N–H and O–H groups in total. The van der Waals surface area contributed by atoms with Gasteiger partial charge < -0.3 is 39.1 Å². The molecule has 51 heavy (non-hydrogen) atoms. The fraction of sp³-hybridized carbons (Fsp3) is 0.514. The molecule has 2 aromatic carbocycles. The Hall–Kier alpha value is -4.50. The molecule has 0 aromatic heterocycles. The second kappa shape index (κ2) is 28.2. The molecule has 0 spiro atoms. The molecular formula is C37H50N2O12. The van der Waals surface area contributed by atoms with Crippen LogP contribution in [0.15, 0.2) is 60.7 Å². The van der Waals surface area contributed by atoms with Crippen molar-refractivity contribution in [3.8, 4) is 0 Å². The third-order valence-corrected chi connectivity index (χ3v) is 7.02. The molecule has 0 atom stereocenters. The fourth-order valence-electron chi connectivity index (χ4n) is 4.23. The molecule has 280 valence electrons. The van der Waals surface area contributed by atoms with Crippen molar-refractivity contribution in [2.45, 2.75) is 58.2 Å². The summed E-state index contributed by atoms with van der Waals surface area (Å²) in [7, 11) is 0. The van der Waals surface area contributed by atoms with Gasteiger partial charge in [-0.1, -0.05) is 67.1 Å². The highest BCUT2D eigenvalue weighted by atomic mass is 16.5. The van der Waals surface area contributed by atoms with Gasteiger partial charge in [0.1, 0.15) is 13.2 Å². The number of unbranched alkanes of at least 4 members (excludes halogenated alkanes) is 2. The van der Waals surface area contributed by atoms with Crippen molar-refractivity contribution in [2.75, 3.05) is 65.9 Å². The van der Waals surface area contributed by atoms with E-state index in [0.29, 0.717) is 52.0 Å². The molecule has 0 radical (unpaired) electrons. The van der Waals surface area contributed by atoms with Crippen LogP contribution >= 0.6 is 0 Å². The number of ketones is 2. The SMILES string of the molecule is O=C(CCCCCC(=O)NCCOCCOCCC(=O)C(=O)OCc1ccccc1)NCCOCCOCCC(=O)C(=O)OCc1ccccc1. The Morgan fingerprint density at radius 1 is 0.431 bits per heavy atom. The molecule has 2 rings (SSSR count). The standard InChI is InChI=1S/C37H50N2O12/c40-32(36(44)50-28-30-10-4-1-5-11-30)16-20-46-24-26-48-22-18-38-34(42)14-8-3-9-15-35(43)39-19-23-49-27-25-47-21-17-33(41)37(45)51-29-31-12-6-2-7-13-31/h1-2,4-7,10-13H,3,8-9,14-29H2,(H,38,42)(H,39,43). The number of Topliss-reactive ketones (excluding diaryl/α,β-unsaturated/α-hetero) is 2. The van der Waals surface area contributed by atoms with Crippen molar-refractivity contribution in [1.29, 1.82) is 0 Å². The van der Waals surface area contributed by atoms with Crippen molar-refractivity contribution < 1.29 is 57.2 Å². The summed E-state index contributed by atoms with van der Waals surface area (Å²) in [5, 5.41) is 5.55. The van der Waals surface area contributed by atoms with Crippen LogP contribution in [0, 0.1) is 0 Å². The lowest BCUT2D eigenvalue weighted by Gasteiger charge is -2.08. The predicted molar refractivity (Wildman–Crippen MR) is 184 cm³/mol. The lowest BCUT2D eigenvalue weighted by atomic mass is 10.1. The molecule has 0 bridgehead atoms. The Balaban J connectivity index is 1.29. The second-order valence-electron chi connectivity index (χ2n) is 11.2. The maximum atomic E-state index is 12.0. The first-order valence-electron chi connectivity index (χ1n) is 17.2. The number of nitrogens with one attached hydrogen (secondary N) is 2. The van der Waals surface area contributed by atoms with Gasteiger partial charge in [0.05, 0.1) is 52.9 Å². The maximum Gasteiger partial charge on any atom is 0.375 e. The molecule has 0 heterocycles. The Bertz CT molecular complexity index is 1210. The van der Waals surface area contributed by atoms with Gasteiger partial charge >= 0.3 is 11.9 Å². The summed E-state index contributed by atoms with van der Waals surface area (Å²) in [6.45, 7) is 2.64. The minimum Gasteiger partial charge on any atom is -0.455 e. The summed E-state index contributed by atoms with van der Waals surface area (Å²) in [5.74, 6) is -3.25. The van der Waals surface area contributed by atoms with Gasteiger partial charge in [0, 0.05) is 38.8 Å². The molecule has 0 saturated heterocycles. The zero-order valence-corrected chi connectivity index (χ0v) is 29.1. The molecule has 0 aliphatic heterocycles. The summed E-state index contributed by atoms with van der Waals surface area (Å²) < 4.78 is 31.4. The van der Waals surface area contributed by atoms with E-state index < -0.39 is 23.5 Å². The van der Waals surface area contributed by atoms with E-state index in [2.05, 4.69) is 10.6 Å². The lowest BCUT2D eigenvalue weighted by molar-refractivity contribution is -0.155. The second-order valence-corrected chi connectivity index (χ2v) is 11.2. The summed E-state index contributed by atoms with van der Waals surface area (Å²) in [6, 6.07) is 18.2. The van der Waals surface area contributed by atoms with Crippen LogP contribution in [0.3, 0.4) is 0 Å². The highest BCUT2D eigenvalue weighted by molar-refractivity contribution is 6.33. The third-order valence-electron chi connectivity index (χ3n) is 7.02. The van der Waals surface area contributed by atoms with Crippen molar-refractivity contribution in [3.63, 3.8) is 0 Å². The van der Waals surface area contributed by atoms with Crippen LogP contribution in [0.25, 0.3) is 0 Å². The van der Waals surface area contributed by atoms with E-state index in [1.807, 2.05) is 36.4 Å². The summed E-state index contributed by atoms with van der Waals surface area (Å²) in [4.78, 5) is 71.1.